The Morgan fingerprint density at radius 3 is 2.90 bits per heavy atom. The molecule has 1 aliphatic rings. The average Bonchev–Trinajstić information content (AvgIpc) is 2.61. The summed E-state index contributed by atoms with van der Waals surface area (Å²) in [4.78, 5) is 10.1. The Labute approximate surface area is 60.2 Å². The highest BCUT2D eigenvalue weighted by molar-refractivity contribution is 5.60. The van der Waals surface area contributed by atoms with Crippen LogP contribution in [0, 0.1) is 5.92 Å². The molecule has 3 atom stereocenters. The monoisotopic (exact) mass is 143 g/mol. The van der Waals surface area contributed by atoms with Gasteiger partial charge in [0.05, 0.1) is 5.54 Å². The summed E-state index contributed by atoms with van der Waals surface area (Å²) in [6, 6.07) is 0. The highest BCUT2D eigenvalue weighted by Gasteiger charge is 2.54. The highest BCUT2D eigenvalue weighted by atomic mass is 16.3. The largest absolute Gasteiger partial charge is 0.384 e. The quantitative estimate of drug-likeness (QED) is 0.532. The second kappa shape index (κ2) is 2.32. The molecular weight excluding hydrogens is 130 g/mol. The summed E-state index contributed by atoms with van der Waals surface area (Å²) < 4.78 is 0. The van der Waals surface area contributed by atoms with Gasteiger partial charge in [0, 0.05) is 0 Å². The fourth-order valence-electron chi connectivity index (χ4n) is 1.38. The number of hydrogen-bond donors (Lipinski definition) is 2. The number of aldehydes is 1. The minimum absolute atomic E-state index is 0.340. The van der Waals surface area contributed by atoms with E-state index in [-0.39, 0.29) is 0 Å². The molecule has 0 heterocycles. The van der Waals surface area contributed by atoms with Crippen LogP contribution < -0.4 is 5.73 Å². The lowest BCUT2D eigenvalue weighted by atomic mass is 10.1. The van der Waals surface area contributed by atoms with Gasteiger partial charge in [-0.1, -0.05) is 13.3 Å². The number of carbonyl (C=O) groups excluding carboxylic acids is 1. The first-order chi connectivity index (χ1) is 4.65. The molecule has 1 fully saturated rings. The first-order valence-electron chi connectivity index (χ1n) is 3.57. The average molecular weight is 143 g/mol. The SMILES string of the molecule is CC[C@H]1C[C@]1(N)C(O)C=O. The lowest BCUT2D eigenvalue weighted by Crippen LogP contribution is -2.40. The maximum atomic E-state index is 10.1. The number of aliphatic hydroxyl groups is 1. The van der Waals surface area contributed by atoms with Crippen molar-refractivity contribution in [2.45, 2.75) is 31.4 Å². The van der Waals surface area contributed by atoms with Crippen LogP contribution in [0.4, 0.5) is 0 Å². The van der Waals surface area contributed by atoms with Crippen LogP contribution in [0.15, 0.2) is 0 Å². The van der Waals surface area contributed by atoms with Gasteiger partial charge in [0.2, 0.25) is 0 Å². The van der Waals surface area contributed by atoms with Crippen LogP contribution in [-0.2, 0) is 4.79 Å². The number of nitrogens with two attached hydrogens (primary N) is 1. The summed E-state index contributed by atoms with van der Waals surface area (Å²) >= 11 is 0. The first-order valence-corrected chi connectivity index (χ1v) is 3.57. The third-order valence-corrected chi connectivity index (χ3v) is 2.37. The van der Waals surface area contributed by atoms with E-state index in [2.05, 4.69) is 0 Å². The van der Waals surface area contributed by atoms with Crippen LogP contribution in [0.25, 0.3) is 0 Å². The summed E-state index contributed by atoms with van der Waals surface area (Å²) in [5.41, 5.74) is 5.09. The molecule has 1 aliphatic carbocycles. The van der Waals surface area contributed by atoms with Crippen molar-refractivity contribution in [3.8, 4) is 0 Å². The van der Waals surface area contributed by atoms with E-state index >= 15 is 0 Å². The maximum Gasteiger partial charge on any atom is 0.150 e. The van der Waals surface area contributed by atoms with Gasteiger partial charge in [-0.2, -0.15) is 0 Å². The van der Waals surface area contributed by atoms with Crippen molar-refractivity contribution in [1.29, 1.82) is 0 Å². The van der Waals surface area contributed by atoms with Crippen LogP contribution >= 0.6 is 0 Å². The molecule has 1 unspecified atom stereocenters. The molecule has 0 amide bonds. The van der Waals surface area contributed by atoms with E-state index in [0.717, 1.165) is 12.8 Å². The van der Waals surface area contributed by atoms with E-state index < -0.39 is 11.6 Å². The van der Waals surface area contributed by atoms with Gasteiger partial charge in [0.1, 0.15) is 12.4 Å². The van der Waals surface area contributed by atoms with E-state index in [9.17, 15) is 4.79 Å². The van der Waals surface area contributed by atoms with Gasteiger partial charge in [-0.05, 0) is 12.3 Å². The number of rotatable bonds is 3. The van der Waals surface area contributed by atoms with Gasteiger partial charge in [0.15, 0.2) is 0 Å². The Balaban J connectivity index is 2.49. The van der Waals surface area contributed by atoms with Gasteiger partial charge in [0.25, 0.3) is 0 Å². The van der Waals surface area contributed by atoms with Crippen molar-refractivity contribution in [2.75, 3.05) is 0 Å². The van der Waals surface area contributed by atoms with E-state index in [4.69, 9.17) is 10.8 Å². The van der Waals surface area contributed by atoms with Crippen molar-refractivity contribution in [2.24, 2.45) is 11.7 Å². The Kier molecular flexibility index (Phi) is 1.79. The third-order valence-electron chi connectivity index (χ3n) is 2.37. The lowest BCUT2D eigenvalue weighted by molar-refractivity contribution is -0.116. The van der Waals surface area contributed by atoms with E-state index in [1.165, 1.54) is 0 Å². The molecule has 0 aromatic carbocycles. The predicted octanol–water partition coefficient (Wildman–Crippen LogP) is -0.326. The minimum Gasteiger partial charge on any atom is -0.384 e. The van der Waals surface area contributed by atoms with Gasteiger partial charge < -0.3 is 15.6 Å². The van der Waals surface area contributed by atoms with Crippen LogP contribution in [0.5, 0.6) is 0 Å². The molecule has 0 saturated heterocycles. The minimum atomic E-state index is -0.961. The molecule has 1 rings (SSSR count). The fourth-order valence-corrected chi connectivity index (χ4v) is 1.38. The molecule has 0 aliphatic heterocycles. The van der Waals surface area contributed by atoms with Crippen LogP contribution in [-0.4, -0.2) is 23.0 Å². The zero-order valence-electron chi connectivity index (χ0n) is 6.08. The third kappa shape index (κ3) is 0.954. The second-order valence-corrected chi connectivity index (χ2v) is 3.00. The topological polar surface area (TPSA) is 63.3 Å². The van der Waals surface area contributed by atoms with Crippen molar-refractivity contribution < 1.29 is 9.90 Å². The molecule has 10 heavy (non-hydrogen) atoms. The van der Waals surface area contributed by atoms with Gasteiger partial charge in [-0.15, -0.1) is 0 Å². The Morgan fingerprint density at radius 2 is 2.60 bits per heavy atom. The second-order valence-electron chi connectivity index (χ2n) is 3.00. The van der Waals surface area contributed by atoms with Crippen LogP contribution in [0.1, 0.15) is 19.8 Å². The molecule has 3 nitrogen and oxygen atoms in total. The van der Waals surface area contributed by atoms with Crippen molar-refractivity contribution in [3.05, 3.63) is 0 Å². The Bertz CT molecular complexity index is 149. The highest BCUT2D eigenvalue weighted by Crippen LogP contribution is 2.45. The molecule has 1 saturated carbocycles. The molecule has 58 valence electrons. The van der Waals surface area contributed by atoms with Gasteiger partial charge in [-0.3, -0.25) is 0 Å². The van der Waals surface area contributed by atoms with E-state index in [1.807, 2.05) is 6.92 Å². The molecule has 3 N–H and O–H groups in total. The van der Waals surface area contributed by atoms with Crippen molar-refractivity contribution in [3.63, 3.8) is 0 Å². The Hall–Kier alpha value is -0.410. The molecular formula is C7H13NO2. The molecule has 0 spiro atoms. The fraction of sp³-hybridized carbons (Fsp3) is 0.857. The summed E-state index contributed by atoms with van der Waals surface area (Å²) in [6.45, 7) is 2.01. The zero-order valence-corrected chi connectivity index (χ0v) is 6.08. The summed E-state index contributed by atoms with van der Waals surface area (Å²) in [5, 5.41) is 9.07. The van der Waals surface area contributed by atoms with Crippen molar-refractivity contribution in [1.82, 2.24) is 0 Å². The van der Waals surface area contributed by atoms with Crippen molar-refractivity contribution >= 4 is 6.29 Å². The summed E-state index contributed by atoms with van der Waals surface area (Å²) in [6.07, 6.45) is 1.29. The van der Waals surface area contributed by atoms with E-state index in [1.54, 1.807) is 0 Å². The lowest BCUT2D eigenvalue weighted by Gasteiger charge is -2.12. The van der Waals surface area contributed by atoms with Gasteiger partial charge >= 0.3 is 0 Å². The maximum absolute atomic E-state index is 10.1. The normalized spacial score (nSPS) is 40.9. The van der Waals surface area contributed by atoms with Gasteiger partial charge in [-0.25, -0.2) is 0 Å². The molecule has 3 heteroatoms. The summed E-state index contributed by atoms with van der Waals surface area (Å²) in [7, 11) is 0. The number of hydrogen-bond acceptors (Lipinski definition) is 3. The number of carbonyl (C=O) groups is 1. The zero-order chi connectivity index (χ0) is 7.78. The first kappa shape index (κ1) is 7.69. The summed E-state index contributed by atoms with van der Waals surface area (Å²) in [5.74, 6) is 0.340. The molecule has 0 aromatic heterocycles. The molecule has 0 radical (unpaired) electrons. The molecule has 0 bridgehead atoms. The smallest absolute Gasteiger partial charge is 0.150 e. The number of aliphatic hydroxyl groups excluding tert-OH is 1. The predicted molar refractivity (Wildman–Crippen MR) is 37.4 cm³/mol. The standard InChI is InChI=1S/C7H13NO2/c1-2-5-3-7(5,8)6(10)4-9/h4-6,10H,2-3,8H2,1H3/t5-,6?,7+/m0/s1. The van der Waals surface area contributed by atoms with Crippen LogP contribution in [0.2, 0.25) is 0 Å². The van der Waals surface area contributed by atoms with E-state index in [0.29, 0.717) is 12.2 Å². The Morgan fingerprint density at radius 1 is 2.00 bits per heavy atom. The molecule has 0 aromatic rings. The van der Waals surface area contributed by atoms with Crippen LogP contribution in [0.3, 0.4) is 0 Å².